The quantitative estimate of drug-likeness (QED) is 0.377. The van der Waals surface area contributed by atoms with Gasteiger partial charge in [0, 0.05) is 11.8 Å². The van der Waals surface area contributed by atoms with Crippen molar-refractivity contribution < 1.29 is 44.7 Å². The Bertz CT molecular complexity index is 782. The van der Waals surface area contributed by atoms with Gasteiger partial charge in [-0.05, 0) is 37.5 Å². The summed E-state index contributed by atoms with van der Waals surface area (Å²) in [5.74, 6) is -23.7. The minimum Gasteiger partial charge on any atom is -0.462 e. The number of carbonyl (C=O) groups excluding carboxylic acids is 1. The van der Waals surface area contributed by atoms with Crippen LogP contribution in [-0.2, 0) is 9.53 Å². The fourth-order valence-corrected chi connectivity index (χ4v) is 6.33. The van der Waals surface area contributed by atoms with Gasteiger partial charge in [0.1, 0.15) is 6.10 Å². The van der Waals surface area contributed by atoms with Crippen LogP contribution in [0.3, 0.4) is 0 Å². The first-order valence-electron chi connectivity index (χ1n) is 9.20. The first-order valence-corrected chi connectivity index (χ1v) is 9.20. The van der Waals surface area contributed by atoms with Crippen molar-refractivity contribution in [1.29, 1.82) is 0 Å². The van der Waals surface area contributed by atoms with E-state index in [-0.39, 0.29) is 11.8 Å². The van der Waals surface area contributed by atoms with Crippen LogP contribution < -0.4 is 0 Å². The van der Waals surface area contributed by atoms with Crippen molar-refractivity contribution >= 4 is 5.97 Å². The monoisotopic (exact) mass is 416 g/mol. The lowest BCUT2D eigenvalue weighted by Crippen LogP contribution is -2.63. The Balaban J connectivity index is 1.46. The number of hydrogen-bond donors (Lipinski definition) is 0. The van der Waals surface area contributed by atoms with Crippen molar-refractivity contribution in [3.63, 3.8) is 0 Å². The summed E-state index contributed by atoms with van der Waals surface area (Å²) in [4.78, 5) is 12.4. The molecule has 0 radical (unpaired) electrons. The van der Waals surface area contributed by atoms with Crippen LogP contribution in [0.4, 0.5) is 35.1 Å². The van der Waals surface area contributed by atoms with Gasteiger partial charge >= 0.3 is 23.7 Å². The minimum atomic E-state index is -6.19. The zero-order valence-electron chi connectivity index (χ0n) is 14.3. The zero-order valence-corrected chi connectivity index (χ0v) is 14.3. The van der Waals surface area contributed by atoms with Gasteiger partial charge in [0.25, 0.3) is 0 Å². The first-order chi connectivity index (χ1) is 12.8. The van der Waals surface area contributed by atoms with E-state index in [1.807, 2.05) is 12.2 Å². The molecule has 4 saturated carbocycles. The SMILES string of the molecule is O=C(OC1CC2CC1C1(F)C(F)(F)C(F)(F)C(F)(F)C21F)C1CC2C=CC1C2. The summed E-state index contributed by atoms with van der Waals surface area (Å²) in [5, 5.41) is 0. The largest absolute Gasteiger partial charge is 0.462 e. The second-order valence-electron chi connectivity index (χ2n) is 8.78. The van der Waals surface area contributed by atoms with Crippen molar-refractivity contribution in [1.82, 2.24) is 0 Å². The molecule has 0 aromatic carbocycles. The Labute approximate surface area is 154 Å². The molecule has 4 fully saturated rings. The molecule has 5 aliphatic carbocycles. The number of rotatable bonds is 2. The van der Waals surface area contributed by atoms with Gasteiger partial charge < -0.3 is 4.74 Å². The van der Waals surface area contributed by atoms with Crippen LogP contribution in [0.5, 0.6) is 0 Å². The van der Waals surface area contributed by atoms with E-state index in [4.69, 9.17) is 4.74 Å². The summed E-state index contributed by atoms with van der Waals surface area (Å²) in [6, 6.07) is 0. The third kappa shape index (κ3) is 1.61. The number of hydrogen-bond acceptors (Lipinski definition) is 2. The zero-order chi connectivity index (χ0) is 20.5. The molecule has 0 saturated heterocycles. The molecule has 0 amide bonds. The van der Waals surface area contributed by atoms with Crippen molar-refractivity contribution in [2.24, 2.45) is 29.6 Å². The second-order valence-corrected chi connectivity index (χ2v) is 8.78. The number of carbonyl (C=O) groups is 1. The van der Waals surface area contributed by atoms with Crippen LogP contribution in [0.25, 0.3) is 0 Å². The average Bonchev–Trinajstić information content (AvgIpc) is 3.37. The van der Waals surface area contributed by atoms with Crippen molar-refractivity contribution in [2.45, 2.75) is 60.9 Å². The molecule has 8 atom stereocenters. The molecule has 0 aromatic rings. The summed E-state index contributed by atoms with van der Waals surface area (Å²) in [5.41, 5.74) is -9.52. The molecule has 5 aliphatic rings. The molecule has 28 heavy (non-hydrogen) atoms. The third-order valence-electron chi connectivity index (χ3n) is 7.66. The number of fused-ring (bicyclic) bond motifs is 7. The Hall–Kier alpha value is -1.35. The van der Waals surface area contributed by atoms with E-state index in [1.165, 1.54) is 0 Å². The highest BCUT2D eigenvalue weighted by molar-refractivity contribution is 5.74. The van der Waals surface area contributed by atoms with Gasteiger partial charge in [-0.2, -0.15) is 26.3 Å². The van der Waals surface area contributed by atoms with E-state index < -0.39 is 71.8 Å². The van der Waals surface area contributed by atoms with Crippen LogP contribution >= 0.6 is 0 Å². The van der Waals surface area contributed by atoms with E-state index in [9.17, 15) is 31.1 Å². The summed E-state index contributed by atoms with van der Waals surface area (Å²) in [7, 11) is 0. The van der Waals surface area contributed by atoms with Gasteiger partial charge in [-0.25, -0.2) is 8.78 Å². The van der Waals surface area contributed by atoms with Crippen molar-refractivity contribution in [3.05, 3.63) is 12.2 Å². The fourth-order valence-electron chi connectivity index (χ4n) is 6.33. The second kappa shape index (κ2) is 4.86. The normalized spacial score (nSPS) is 53.6. The lowest BCUT2D eigenvalue weighted by molar-refractivity contribution is -0.298. The molecule has 0 aliphatic heterocycles. The van der Waals surface area contributed by atoms with Gasteiger partial charge in [0.2, 0.25) is 11.3 Å². The third-order valence-corrected chi connectivity index (χ3v) is 7.66. The lowest BCUT2D eigenvalue weighted by Gasteiger charge is -2.42. The van der Waals surface area contributed by atoms with E-state index in [1.54, 1.807) is 0 Å². The number of alkyl halides is 8. The molecule has 10 heteroatoms. The molecule has 0 N–H and O–H groups in total. The molecule has 4 bridgehead atoms. The van der Waals surface area contributed by atoms with Crippen LogP contribution in [0.2, 0.25) is 0 Å². The number of esters is 1. The maximum absolute atomic E-state index is 15.3. The van der Waals surface area contributed by atoms with E-state index in [2.05, 4.69) is 0 Å². The minimum absolute atomic E-state index is 0.114. The summed E-state index contributed by atoms with van der Waals surface area (Å²) >= 11 is 0. The molecule has 0 aromatic heterocycles. The number of ether oxygens (including phenoxy) is 1. The van der Waals surface area contributed by atoms with E-state index in [0.29, 0.717) is 12.8 Å². The van der Waals surface area contributed by atoms with E-state index >= 15 is 8.78 Å². The predicted molar refractivity (Wildman–Crippen MR) is 77.5 cm³/mol. The Morgan fingerprint density at radius 3 is 2.00 bits per heavy atom. The molecule has 2 nitrogen and oxygen atoms in total. The van der Waals surface area contributed by atoms with Crippen LogP contribution in [-0.4, -0.2) is 41.2 Å². The van der Waals surface area contributed by atoms with Gasteiger partial charge in [-0.15, -0.1) is 0 Å². The fraction of sp³-hybridized carbons (Fsp3) is 0.833. The average molecular weight is 416 g/mol. The molecular weight excluding hydrogens is 400 g/mol. The predicted octanol–water partition coefficient (Wildman–Crippen LogP) is 4.49. The van der Waals surface area contributed by atoms with Gasteiger partial charge in [-0.1, -0.05) is 12.2 Å². The molecule has 156 valence electrons. The number of allylic oxidation sites excluding steroid dienone is 2. The summed E-state index contributed by atoms with van der Waals surface area (Å²) in [6.07, 6.45) is 1.80. The Morgan fingerprint density at radius 1 is 0.786 bits per heavy atom. The number of halogens is 8. The summed E-state index contributed by atoms with van der Waals surface area (Å²) < 4.78 is 119. The lowest BCUT2D eigenvalue weighted by atomic mass is 9.73. The van der Waals surface area contributed by atoms with Crippen molar-refractivity contribution in [3.8, 4) is 0 Å². The van der Waals surface area contributed by atoms with Crippen LogP contribution in [0.15, 0.2) is 12.2 Å². The Morgan fingerprint density at radius 2 is 1.43 bits per heavy atom. The Kier molecular flexibility index (Phi) is 3.24. The van der Waals surface area contributed by atoms with Gasteiger partial charge in [0.05, 0.1) is 5.92 Å². The molecule has 0 spiro atoms. The maximum Gasteiger partial charge on any atom is 0.378 e. The van der Waals surface area contributed by atoms with Crippen LogP contribution in [0, 0.1) is 29.6 Å². The van der Waals surface area contributed by atoms with E-state index in [0.717, 1.165) is 0 Å². The molecule has 0 heterocycles. The highest BCUT2D eigenvalue weighted by Gasteiger charge is 3.04. The van der Waals surface area contributed by atoms with Gasteiger partial charge in [0.15, 0.2) is 0 Å². The molecule has 8 unspecified atom stereocenters. The highest BCUT2D eigenvalue weighted by Crippen LogP contribution is 2.79. The smallest absolute Gasteiger partial charge is 0.378 e. The molecule has 5 rings (SSSR count). The summed E-state index contributed by atoms with van der Waals surface area (Å²) in [6.45, 7) is 0. The molecular formula is C18H16F8O2. The van der Waals surface area contributed by atoms with Gasteiger partial charge in [-0.3, -0.25) is 4.79 Å². The standard InChI is InChI=1S/C18H16F8O2/c19-14-9-5-11(15(14,20)17(23,24)18(25,26)16(14,21)22)12(6-9)28-13(27)10-4-7-1-2-8(10)3-7/h1-2,7-12H,3-6H2. The van der Waals surface area contributed by atoms with Crippen LogP contribution in [0.1, 0.15) is 25.7 Å². The maximum atomic E-state index is 15.3. The topological polar surface area (TPSA) is 26.3 Å². The van der Waals surface area contributed by atoms with Crippen molar-refractivity contribution in [2.75, 3.05) is 0 Å². The highest BCUT2D eigenvalue weighted by atomic mass is 19.4. The first kappa shape index (κ1) is 18.7.